The molecule has 1 atom stereocenters. The Hall–Kier alpha value is -1.20. The van der Waals surface area contributed by atoms with Gasteiger partial charge in [-0.25, -0.2) is 8.42 Å². The van der Waals surface area contributed by atoms with Crippen LogP contribution in [0.1, 0.15) is 50.9 Å². The van der Waals surface area contributed by atoms with E-state index in [0.29, 0.717) is 18.5 Å². The Bertz CT molecular complexity index is 566. The maximum atomic E-state index is 12.6. The molecule has 0 amide bonds. The van der Waals surface area contributed by atoms with Gasteiger partial charge in [0.25, 0.3) is 0 Å². The van der Waals surface area contributed by atoms with E-state index in [1.165, 1.54) is 10.4 Å². The van der Waals surface area contributed by atoms with E-state index in [4.69, 9.17) is 0 Å². The molecule has 0 saturated carbocycles. The van der Waals surface area contributed by atoms with Crippen LogP contribution in [0, 0.1) is 0 Å². The number of sulfonamides is 1. The number of hydrogen-bond acceptors (Lipinski definition) is 3. The molecule has 112 valence electrons. The van der Waals surface area contributed by atoms with Crippen molar-refractivity contribution in [2.24, 2.45) is 0 Å². The van der Waals surface area contributed by atoms with Crippen LogP contribution >= 0.6 is 0 Å². The fraction of sp³-hybridized carbons (Fsp3) is 0.533. The van der Waals surface area contributed by atoms with Crippen molar-refractivity contribution in [1.82, 2.24) is 4.31 Å². The van der Waals surface area contributed by atoms with E-state index in [-0.39, 0.29) is 16.7 Å². The molecule has 1 unspecified atom stereocenters. The Morgan fingerprint density at radius 1 is 1.25 bits per heavy atom. The van der Waals surface area contributed by atoms with Gasteiger partial charge in [0.15, 0.2) is 5.78 Å². The second-order valence-corrected chi connectivity index (χ2v) is 6.66. The van der Waals surface area contributed by atoms with Crippen molar-refractivity contribution in [3.8, 4) is 0 Å². The number of rotatable bonds is 7. The summed E-state index contributed by atoms with van der Waals surface area (Å²) in [5.41, 5.74) is 0.453. The van der Waals surface area contributed by atoms with E-state index in [1.807, 2.05) is 20.8 Å². The third-order valence-corrected chi connectivity index (χ3v) is 5.56. The zero-order valence-electron chi connectivity index (χ0n) is 12.6. The van der Waals surface area contributed by atoms with Gasteiger partial charge in [0.2, 0.25) is 10.0 Å². The first-order chi connectivity index (χ1) is 9.38. The van der Waals surface area contributed by atoms with Gasteiger partial charge < -0.3 is 0 Å². The first-order valence-corrected chi connectivity index (χ1v) is 8.47. The molecule has 0 saturated heterocycles. The fourth-order valence-corrected chi connectivity index (χ4v) is 3.85. The molecule has 5 heteroatoms. The lowest BCUT2D eigenvalue weighted by Gasteiger charge is -2.26. The van der Waals surface area contributed by atoms with E-state index >= 15 is 0 Å². The molecule has 0 fully saturated rings. The van der Waals surface area contributed by atoms with Crippen LogP contribution in [-0.4, -0.2) is 31.1 Å². The lowest BCUT2D eigenvalue weighted by Crippen LogP contribution is -2.38. The Kier molecular flexibility index (Phi) is 5.89. The fourth-order valence-electron chi connectivity index (χ4n) is 2.09. The van der Waals surface area contributed by atoms with Gasteiger partial charge in [-0.2, -0.15) is 4.31 Å². The van der Waals surface area contributed by atoms with Crippen molar-refractivity contribution in [3.63, 3.8) is 0 Å². The standard InChI is InChI=1S/C15H23NO3S/c1-5-12(4)16(7-3)20(18,19)14-10-8-9-13(11-14)15(17)6-2/h8-12H,5-7H2,1-4H3. The monoisotopic (exact) mass is 297 g/mol. The van der Waals surface area contributed by atoms with Crippen LogP contribution < -0.4 is 0 Å². The molecule has 0 N–H and O–H groups in total. The molecule has 0 aliphatic carbocycles. The number of ketones is 1. The maximum absolute atomic E-state index is 12.6. The smallest absolute Gasteiger partial charge is 0.243 e. The van der Waals surface area contributed by atoms with Crippen molar-refractivity contribution in [3.05, 3.63) is 29.8 Å². The topological polar surface area (TPSA) is 54.5 Å². The molecule has 1 rings (SSSR count). The average Bonchev–Trinajstić information content (AvgIpc) is 2.46. The molecule has 0 heterocycles. The van der Waals surface area contributed by atoms with E-state index in [0.717, 1.165) is 6.42 Å². The van der Waals surface area contributed by atoms with Crippen LogP contribution in [0.4, 0.5) is 0 Å². The van der Waals surface area contributed by atoms with Crippen LogP contribution in [0.2, 0.25) is 0 Å². The number of carbonyl (C=O) groups excluding carboxylic acids is 1. The normalized spacial score (nSPS) is 13.4. The molecule has 0 aromatic heterocycles. The van der Waals surface area contributed by atoms with Gasteiger partial charge in [-0.1, -0.05) is 32.9 Å². The largest absolute Gasteiger partial charge is 0.294 e. The minimum Gasteiger partial charge on any atom is -0.294 e. The third-order valence-electron chi connectivity index (χ3n) is 3.48. The van der Waals surface area contributed by atoms with E-state index < -0.39 is 10.0 Å². The summed E-state index contributed by atoms with van der Waals surface area (Å²) >= 11 is 0. The molecule has 0 aliphatic heterocycles. The molecular weight excluding hydrogens is 274 g/mol. The molecule has 1 aromatic carbocycles. The van der Waals surface area contributed by atoms with Gasteiger partial charge in [-0.3, -0.25) is 4.79 Å². The molecule has 1 aromatic rings. The second kappa shape index (κ2) is 6.99. The molecule has 20 heavy (non-hydrogen) atoms. The van der Waals surface area contributed by atoms with E-state index in [2.05, 4.69) is 0 Å². The van der Waals surface area contributed by atoms with Gasteiger partial charge >= 0.3 is 0 Å². The van der Waals surface area contributed by atoms with Gasteiger partial charge in [-0.05, 0) is 25.5 Å². The summed E-state index contributed by atoms with van der Waals surface area (Å²) in [5, 5.41) is 0. The van der Waals surface area contributed by atoms with Crippen LogP contribution in [0.15, 0.2) is 29.2 Å². The second-order valence-electron chi connectivity index (χ2n) is 4.77. The zero-order valence-corrected chi connectivity index (χ0v) is 13.4. The van der Waals surface area contributed by atoms with E-state index in [1.54, 1.807) is 25.1 Å². The van der Waals surface area contributed by atoms with Crippen molar-refractivity contribution in [1.29, 1.82) is 0 Å². The maximum Gasteiger partial charge on any atom is 0.243 e. The highest BCUT2D eigenvalue weighted by molar-refractivity contribution is 7.89. The number of carbonyl (C=O) groups is 1. The summed E-state index contributed by atoms with van der Waals surface area (Å²) < 4.78 is 26.8. The van der Waals surface area contributed by atoms with Gasteiger partial charge in [-0.15, -0.1) is 0 Å². The summed E-state index contributed by atoms with van der Waals surface area (Å²) in [4.78, 5) is 11.9. The molecular formula is C15H23NO3S. The Morgan fingerprint density at radius 3 is 2.40 bits per heavy atom. The minimum absolute atomic E-state index is 0.0476. The highest BCUT2D eigenvalue weighted by Crippen LogP contribution is 2.20. The van der Waals surface area contributed by atoms with Crippen molar-refractivity contribution in [2.75, 3.05) is 6.54 Å². The molecule has 0 bridgehead atoms. The van der Waals surface area contributed by atoms with Crippen molar-refractivity contribution >= 4 is 15.8 Å². The molecule has 0 radical (unpaired) electrons. The third kappa shape index (κ3) is 3.46. The van der Waals surface area contributed by atoms with Crippen molar-refractivity contribution < 1.29 is 13.2 Å². The van der Waals surface area contributed by atoms with Crippen LogP contribution in [0.5, 0.6) is 0 Å². The van der Waals surface area contributed by atoms with Crippen LogP contribution in [0.3, 0.4) is 0 Å². The minimum atomic E-state index is -3.55. The zero-order chi connectivity index (χ0) is 15.3. The summed E-state index contributed by atoms with van der Waals surface area (Å²) in [6.07, 6.45) is 1.12. The Labute approximate surface area is 121 Å². The Balaban J connectivity index is 3.24. The summed E-state index contributed by atoms with van der Waals surface area (Å²) in [6, 6.07) is 6.25. The first-order valence-electron chi connectivity index (χ1n) is 7.03. The average molecular weight is 297 g/mol. The number of nitrogens with zero attached hydrogens (tertiary/aromatic N) is 1. The number of Topliss-reactive ketones (excluding diaryl/α,β-unsaturated/α-hetero) is 1. The highest BCUT2D eigenvalue weighted by atomic mass is 32.2. The first kappa shape index (κ1) is 16.9. The van der Waals surface area contributed by atoms with Gasteiger partial charge in [0.1, 0.15) is 0 Å². The Morgan fingerprint density at radius 2 is 1.90 bits per heavy atom. The van der Waals surface area contributed by atoms with E-state index in [9.17, 15) is 13.2 Å². The predicted molar refractivity (Wildman–Crippen MR) is 80.4 cm³/mol. The lowest BCUT2D eigenvalue weighted by molar-refractivity contribution is 0.0988. The molecule has 0 aliphatic rings. The van der Waals surface area contributed by atoms with Gasteiger partial charge in [0, 0.05) is 24.6 Å². The lowest BCUT2D eigenvalue weighted by atomic mass is 10.1. The van der Waals surface area contributed by atoms with Crippen molar-refractivity contribution in [2.45, 2.75) is 51.5 Å². The highest BCUT2D eigenvalue weighted by Gasteiger charge is 2.27. The quantitative estimate of drug-likeness (QED) is 0.727. The van der Waals surface area contributed by atoms with Crippen LogP contribution in [0.25, 0.3) is 0 Å². The predicted octanol–water partition coefficient (Wildman–Crippen LogP) is 3.09. The summed E-state index contributed by atoms with van der Waals surface area (Å²) in [6.45, 7) is 7.86. The van der Waals surface area contributed by atoms with Crippen LogP contribution in [-0.2, 0) is 10.0 Å². The summed E-state index contributed by atoms with van der Waals surface area (Å²) in [5.74, 6) is -0.0476. The molecule has 0 spiro atoms. The molecule has 4 nitrogen and oxygen atoms in total. The SMILES string of the molecule is CCC(=O)c1cccc(S(=O)(=O)N(CC)C(C)CC)c1. The number of hydrogen-bond donors (Lipinski definition) is 0. The summed E-state index contributed by atoms with van der Waals surface area (Å²) in [7, 11) is -3.55. The van der Waals surface area contributed by atoms with Gasteiger partial charge in [0.05, 0.1) is 4.90 Å². The number of benzene rings is 1.